The number of rotatable bonds is 0. The molecule has 0 saturated carbocycles. The van der Waals surface area contributed by atoms with Gasteiger partial charge in [0.15, 0.2) is 0 Å². The van der Waals surface area contributed by atoms with E-state index >= 15 is 0 Å². The third kappa shape index (κ3) is 3.24. The fraction of sp³-hybridized carbons (Fsp3) is 0.0714. The molecule has 0 aliphatic heterocycles. The number of halogens is 6. The van der Waals surface area contributed by atoms with Gasteiger partial charge in [0.25, 0.3) is 0 Å². The molecule has 0 heterocycles. The van der Waals surface area contributed by atoms with Gasteiger partial charge in [0, 0.05) is 0 Å². The zero-order valence-corrected chi connectivity index (χ0v) is 17.4. The average molecular weight is 464 g/mol. The van der Waals surface area contributed by atoms with Gasteiger partial charge in [-0.25, -0.2) is 0 Å². The van der Waals surface area contributed by atoms with Crippen LogP contribution in [0.1, 0.15) is 11.1 Å². The first-order chi connectivity index (χ1) is 16.1. The minimum Gasteiger partial charge on any atom is -0.166 e. The Balaban J connectivity index is 1.60. The molecule has 0 nitrogen and oxygen atoms in total. The molecule has 6 rings (SSSR count). The Morgan fingerprint density at radius 3 is 1.09 bits per heavy atom. The summed E-state index contributed by atoms with van der Waals surface area (Å²) in [6.07, 6.45) is -8.82. The maximum absolute atomic E-state index is 13.1. The summed E-state index contributed by atoms with van der Waals surface area (Å²) in [6, 6.07) is 22.3. The molecule has 0 aliphatic rings. The van der Waals surface area contributed by atoms with Gasteiger partial charge in [-0.3, -0.25) is 0 Å². The van der Waals surface area contributed by atoms with Gasteiger partial charge in [0.2, 0.25) is 0 Å². The van der Waals surface area contributed by atoms with E-state index in [1.54, 1.807) is 12.1 Å². The second-order valence-electron chi connectivity index (χ2n) is 8.49. The van der Waals surface area contributed by atoms with Crippen molar-refractivity contribution in [1.29, 1.82) is 0 Å². The van der Waals surface area contributed by atoms with E-state index in [-0.39, 0.29) is 0 Å². The van der Waals surface area contributed by atoms with Crippen molar-refractivity contribution in [3.8, 4) is 0 Å². The Hall–Kier alpha value is -3.80. The summed E-state index contributed by atoms with van der Waals surface area (Å²) in [6.45, 7) is 0. The second-order valence-corrected chi connectivity index (χ2v) is 8.49. The first kappa shape index (κ1) is 20.8. The standard InChI is InChI=1S/C28H14F6/c29-27(30,31)21-5-1-15-13-25-17(9-19(15)11-21)3-8-24-23(25)7-4-18-10-20-12-22(28(32,33)34)6-2-16(20)14-26(18)24/h1-14H. The van der Waals surface area contributed by atoms with Gasteiger partial charge in [0.05, 0.1) is 11.1 Å². The lowest BCUT2D eigenvalue weighted by atomic mass is 9.93. The van der Waals surface area contributed by atoms with Crippen molar-refractivity contribution in [2.24, 2.45) is 0 Å². The van der Waals surface area contributed by atoms with Crippen molar-refractivity contribution in [1.82, 2.24) is 0 Å². The topological polar surface area (TPSA) is 0 Å². The molecule has 0 atom stereocenters. The maximum atomic E-state index is 13.1. The summed E-state index contributed by atoms with van der Waals surface area (Å²) in [4.78, 5) is 0. The van der Waals surface area contributed by atoms with Gasteiger partial charge in [-0.1, -0.05) is 36.4 Å². The van der Waals surface area contributed by atoms with Crippen LogP contribution in [0.15, 0.2) is 84.9 Å². The van der Waals surface area contributed by atoms with Gasteiger partial charge in [-0.05, 0) is 102 Å². The molecule has 0 N–H and O–H groups in total. The van der Waals surface area contributed by atoms with Crippen molar-refractivity contribution in [3.63, 3.8) is 0 Å². The Morgan fingerprint density at radius 1 is 0.324 bits per heavy atom. The van der Waals surface area contributed by atoms with E-state index in [4.69, 9.17) is 0 Å². The highest BCUT2D eigenvalue weighted by atomic mass is 19.4. The summed E-state index contributed by atoms with van der Waals surface area (Å²) in [5, 5.41) is 7.71. The largest absolute Gasteiger partial charge is 0.416 e. The van der Waals surface area contributed by atoms with E-state index in [0.29, 0.717) is 21.5 Å². The normalized spacial score (nSPS) is 13.0. The molecule has 0 amide bonds. The summed E-state index contributed by atoms with van der Waals surface area (Å²) in [7, 11) is 0. The fourth-order valence-corrected chi connectivity index (χ4v) is 4.72. The highest BCUT2D eigenvalue weighted by molar-refractivity contribution is 6.20. The Kier molecular flexibility index (Phi) is 4.19. The lowest BCUT2D eigenvalue weighted by Gasteiger charge is -2.12. The van der Waals surface area contributed by atoms with E-state index in [2.05, 4.69) is 0 Å². The molecule has 168 valence electrons. The fourth-order valence-electron chi connectivity index (χ4n) is 4.72. The summed E-state index contributed by atoms with van der Waals surface area (Å²) in [5.74, 6) is 0. The monoisotopic (exact) mass is 464 g/mol. The maximum Gasteiger partial charge on any atom is 0.416 e. The summed E-state index contributed by atoms with van der Waals surface area (Å²) < 4.78 is 78.7. The molecule has 0 bridgehead atoms. The molecule has 34 heavy (non-hydrogen) atoms. The van der Waals surface area contributed by atoms with Crippen LogP contribution in [0.25, 0.3) is 53.9 Å². The Bertz CT molecular complexity index is 1640. The Morgan fingerprint density at radius 2 is 0.706 bits per heavy atom. The summed E-state index contributed by atoms with van der Waals surface area (Å²) >= 11 is 0. The zero-order valence-electron chi connectivity index (χ0n) is 17.4. The first-order valence-corrected chi connectivity index (χ1v) is 10.5. The van der Waals surface area contributed by atoms with Crippen LogP contribution >= 0.6 is 0 Å². The highest BCUT2D eigenvalue weighted by Crippen LogP contribution is 2.38. The number of fused-ring (bicyclic) bond motifs is 7. The second kappa shape index (κ2) is 6.86. The van der Waals surface area contributed by atoms with Gasteiger partial charge in [-0.15, -0.1) is 0 Å². The summed E-state index contributed by atoms with van der Waals surface area (Å²) in [5.41, 5.74) is -1.38. The van der Waals surface area contributed by atoms with Crippen LogP contribution in [0, 0.1) is 0 Å². The van der Waals surface area contributed by atoms with Crippen LogP contribution in [0.4, 0.5) is 26.3 Å². The SMILES string of the molecule is FC(F)(F)c1ccc2cc3c(ccc4c5cc6ccc(C(F)(F)F)cc6cc5ccc34)cc2c1. The van der Waals surface area contributed by atoms with Crippen molar-refractivity contribution in [2.45, 2.75) is 12.4 Å². The number of hydrogen-bond acceptors (Lipinski definition) is 0. The number of hydrogen-bond donors (Lipinski definition) is 0. The molecule has 6 aromatic carbocycles. The van der Waals surface area contributed by atoms with Crippen molar-refractivity contribution < 1.29 is 26.3 Å². The van der Waals surface area contributed by atoms with E-state index in [1.807, 2.05) is 36.4 Å². The van der Waals surface area contributed by atoms with Gasteiger partial charge < -0.3 is 0 Å². The van der Waals surface area contributed by atoms with Crippen LogP contribution < -0.4 is 0 Å². The lowest BCUT2D eigenvalue weighted by molar-refractivity contribution is -0.138. The van der Waals surface area contributed by atoms with Crippen LogP contribution in [0.2, 0.25) is 0 Å². The molecule has 0 aliphatic carbocycles. The van der Waals surface area contributed by atoms with Crippen LogP contribution in [-0.2, 0) is 12.4 Å². The molecular weight excluding hydrogens is 450 g/mol. The number of benzene rings is 6. The van der Waals surface area contributed by atoms with Crippen LogP contribution in [0.3, 0.4) is 0 Å². The highest BCUT2D eigenvalue weighted by Gasteiger charge is 2.31. The number of alkyl halides is 6. The lowest BCUT2D eigenvalue weighted by Crippen LogP contribution is -2.04. The minimum absolute atomic E-state index is 0.508. The molecule has 0 fully saturated rings. The smallest absolute Gasteiger partial charge is 0.166 e. The predicted octanol–water partition coefficient (Wildman–Crippen LogP) is 9.49. The van der Waals surface area contributed by atoms with Crippen molar-refractivity contribution >= 4 is 53.9 Å². The minimum atomic E-state index is -4.41. The van der Waals surface area contributed by atoms with Crippen LogP contribution in [0.5, 0.6) is 0 Å². The third-order valence-corrected chi connectivity index (χ3v) is 6.40. The van der Waals surface area contributed by atoms with E-state index < -0.39 is 23.5 Å². The van der Waals surface area contributed by atoms with Gasteiger partial charge >= 0.3 is 12.4 Å². The quantitative estimate of drug-likeness (QED) is 0.119. The molecule has 0 radical (unpaired) electrons. The van der Waals surface area contributed by atoms with E-state index in [1.165, 1.54) is 12.1 Å². The van der Waals surface area contributed by atoms with Gasteiger partial charge in [0.1, 0.15) is 0 Å². The van der Waals surface area contributed by atoms with Gasteiger partial charge in [-0.2, -0.15) is 26.3 Å². The molecule has 6 heteroatoms. The van der Waals surface area contributed by atoms with Crippen molar-refractivity contribution in [2.75, 3.05) is 0 Å². The Labute approximate surface area is 189 Å². The average Bonchev–Trinajstić information content (AvgIpc) is 2.79. The molecule has 6 aromatic rings. The van der Waals surface area contributed by atoms with E-state index in [0.717, 1.165) is 56.6 Å². The van der Waals surface area contributed by atoms with Crippen LogP contribution in [-0.4, -0.2) is 0 Å². The molecular formula is C28H14F6. The zero-order chi connectivity index (χ0) is 23.8. The molecule has 0 aromatic heterocycles. The molecule has 0 unspecified atom stereocenters. The van der Waals surface area contributed by atoms with Crippen molar-refractivity contribution in [3.05, 3.63) is 96.1 Å². The first-order valence-electron chi connectivity index (χ1n) is 10.5. The third-order valence-electron chi connectivity index (χ3n) is 6.40. The molecule has 0 spiro atoms. The molecule has 0 saturated heterocycles. The van der Waals surface area contributed by atoms with E-state index in [9.17, 15) is 26.3 Å². The predicted molar refractivity (Wildman–Crippen MR) is 124 cm³/mol.